The summed E-state index contributed by atoms with van der Waals surface area (Å²) in [7, 11) is 1.59. The molecule has 26 heavy (non-hydrogen) atoms. The van der Waals surface area contributed by atoms with E-state index in [1.807, 2.05) is 6.07 Å². The van der Waals surface area contributed by atoms with Crippen LogP contribution in [0, 0.1) is 16.7 Å². The maximum Gasteiger partial charge on any atom is 0.269 e. The third kappa shape index (κ3) is 2.57. The smallest absolute Gasteiger partial charge is 0.269 e. The molecule has 0 aliphatic carbocycles. The van der Waals surface area contributed by atoms with Gasteiger partial charge in [-0.3, -0.25) is 10.4 Å². The molecule has 2 aromatic rings. The Bertz CT molecular complexity index is 930. The number of hydrogen-bond acceptors (Lipinski definition) is 6. The van der Waals surface area contributed by atoms with Gasteiger partial charge in [-0.05, 0) is 12.1 Å². The van der Waals surface area contributed by atoms with Crippen molar-refractivity contribution in [3.63, 3.8) is 0 Å². The number of nitrogens with zero attached hydrogens (tertiary/aromatic N) is 3. The van der Waals surface area contributed by atoms with Gasteiger partial charge in [0.1, 0.15) is 17.4 Å². The van der Waals surface area contributed by atoms with Crippen LogP contribution in [0.1, 0.15) is 16.9 Å². The Balaban J connectivity index is 1.79. The molecule has 7 nitrogen and oxygen atoms in total. The van der Waals surface area contributed by atoms with Gasteiger partial charge in [0.15, 0.2) is 5.54 Å². The lowest BCUT2D eigenvalue weighted by Crippen LogP contribution is -2.65. The Labute approximate surface area is 162 Å². The maximum absolute atomic E-state index is 12.7. The molecule has 0 bridgehead atoms. The first kappa shape index (κ1) is 17.6. The van der Waals surface area contributed by atoms with Gasteiger partial charge >= 0.3 is 0 Å². The fourth-order valence-electron chi connectivity index (χ4n) is 3.19. The van der Waals surface area contributed by atoms with E-state index in [9.17, 15) is 4.55 Å². The van der Waals surface area contributed by atoms with Crippen LogP contribution in [0.3, 0.4) is 0 Å². The number of fused-ring (bicyclic) bond motifs is 1. The van der Waals surface area contributed by atoms with Gasteiger partial charge in [-0.2, -0.15) is 9.57 Å². The molecule has 0 aromatic carbocycles. The molecule has 3 atom stereocenters. The summed E-state index contributed by atoms with van der Waals surface area (Å²) in [6.45, 7) is 0.430. The average Bonchev–Trinajstić information content (AvgIpc) is 3.24. The molecule has 0 spiro atoms. The van der Waals surface area contributed by atoms with E-state index in [0.29, 0.717) is 23.6 Å². The van der Waals surface area contributed by atoms with E-state index in [2.05, 4.69) is 16.4 Å². The lowest BCUT2D eigenvalue weighted by molar-refractivity contribution is 0.126. The molecule has 4 heterocycles. The predicted octanol–water partition coefficient (Wildman–Crippen LogP) is 2.41. The molecular formula is C16H14ClN5O2S2. The Morgan fingerprint density at radius 1 is 1.58 bits per heavy atom. The first-order valence-corrected chi connectivity index (χ1v) is 10.1. The van der Waals surface area contributed by atoms with Crippen LogP contribution >= 0.6 is 22.9 Å². The minimum absolute atomic E-state index is 0.0734. The third-order valence-electron chi connectivity index (χ3n) is 4.52. The number of pyridine rings is 1. The molecule has 2 N–H and O–H groups in total. The number of thiophene rings is 1. The van der Waals surface area contributed by atoms with Crippen molar-refractivity contribution in [2.75, 3.05) is 13.7 Å². The van der Waals surface area contributed by atoms with E-state index in [1.165, 1.54) is 21.8 Å². The van der Waals surface area contributed by atoms with Gasteiger partial charge in [-0.15, -0.1) is 11.3 Å². The minimum Gasteiger partial charge on any atom is -0.591 e. The quantitative estimate of drug-likeness (QED) is 0.740. The second kappa shape index (κ2) is 6.40. The summed E-state index contributed by atoms with van der Waals surface area (Å²) in [6.07, 6.45) is 3.74. The van der Waals surface area contributed by atoms with E-state index in [4.69, 9.17) is 27.0 Å². The van der Waals surface area contributed by atoms with Gasteiger partial charge in [-0.1, -0.05) is 11.6 Å². The molecule has 0 saturated carbocycles. The van der Waals surface area contributed by atoms with E-state index in [-0.39, 0.29) is 5.96 Å². The normalized spacial score (nSPS) is 27.8. The molecule has 2 saturated heterocycles. The average molecular weight is 408 g/mol. The summed E-state index contributed by atoms with van der Waals surface area (Å²) in [5.74, 6) is 0.0734. The molecule has 2 aliphatic rings. The molecule has 2 aromatic heterocycles. The highest BCUT2D eigenvalue weighted by molar-refractivity contribution is 7.90. The summed E-state index contributed by atoms with van der Waals surface area (Å²) in [5.41, 5.74) is -0.157. The Morgan fingerprint density at radius 3 is 3.15 bits per heavy atom. The van der Waals surface area contributed by atoms with Crippen molar-refractivity contribution >= 4 is 40.3 Å². The highest BCUT2D eigenvalue weighted by Gasteiger charge is 2.60. The monoisotopic (exact) mass is 407 g/mol. The van der Waals surface area contributed by atoms with Crippen LogP contribution in [0.4, 0.5) is 0 Å². The van der Waals surface area contributed by atoms with Crippen LogP contribution in [-0.2, 0) is 21.6 Å². The van der Waals surface area contributed by atoms with Crippen LogP contribution in [0.2, 0.25) is 5.02 Å². The molecular weight excluding hydrogens is 394 g/mol. The first-order chi connectivity index (χ1) is 12.5. The van der Waals surface area contributed by atoms with Crippen molar-refractivity contribution in [2.45, 2.75) is 17.4 Å². The number of rotatable bonds is 2. The van der Waals surface area contributed by atoms with Crippen LogP contribution in [-0.4, -0.2) is 38.9 Å². The first-order valence-electron chi connectivity index (χ1n) is 7.74. The molecule has 134 valence electrons. The van der Waals surface area contributed by atoms with E-state index in [1.54, 1.807) is 19.3 Å². The molecule has 2 aliphatic heterocycles. The highest BCUT2D eigenvalue weighted by Crippen LogP contribution is 2.49. The van der Waals surface area contributed by atoms with Crippen molar-refractivity contribution in [1.82, 2.24) is 14.6 Å². The second-order valence-electron chi connectivity index (χ2n) is 6.03. The molecule has 2 fully saturated rings. The zero-order chi connectivity index (χ0) is 18.5. The van der Waals surface area contributed by atoms with Gasteiger partial charge in [-0.25, -0.2) is 0 Å². The Morgan fingerprint density at radius 2 is 2.38 bits per heavy atom. The number of nitrogens with one attached hydrogen (secondary N) is 2. The third-order valence-corrected chi connectivity index (χ3v) is 7.92. The van der Waals surface area contributed by atoms with E-state index < -0.39 is 22.3 Å². The minimum atomic E-state index is -1.49. The molecule has 4 rings (SSSR count). The van der Waals surface area contributed by atoms with Crippen molar-refractivity contribution in [3.05, 3.63) is 40.0 Å². The summed E-state index contributed by atoms with van der Waals surface area (Å²) in [4.78, 5) is 5.73. The van der Waals surface area contributed by atoms with Gasteiger partial charge in [0.25, 0.3) is 5.44 Å². The summed E-state index contributed by atoms with van der Waals surface area (Å²) in [6, 6.07) is 5.64. The molecule has 0 radical (unpaired) electrons. The van der Waals surface area contributed by atoms with Crippen molar-refractivity contribution in [3.8, 4) is 16.5 Å². The van der Waals surface area contributed by atoms with Crippen LogP contribution in [0.15, 0.2) is 24.5 Å². The van der Waals surface area contributed by atoms with Gasteiger partial charge in [0.2, 0.25) is 5.96 Å². The van der Waals surface area contributed by atoms with Crippen LogP contribution in [0.25, 0.3) is 10.4 Å². The lowest BCUT2D eigenvalue weighted by Gasteiger charge is -2.42. The van der Waals surface area contributed by atoms with Gasteiger partial charge in [0, 0.05) is 29.3 Å². The Kier molecular flexibility index (Phi) is 4.33. The number of aromatic nitrogens is 1. The van der Waals surface area contributed by atoms with Gasteiger partial charge < -0.3 is 14.6 Å². The summed E-state index contributed by atoms with van der Waals surface area (Å²) in [5, 5.41) is 20.9. The molecule has 10 heteroatoms. The van der Waals surface area contributed by atoms with Crippen molar-refractivity contribution < 1.29 is 9.29 Å². The van der Waals surface area contributed by atoms with E-state index in [0.717, 1.165) is 15.3 Å². The molecule has 3 unspecified atom stereocenters. The fourth-order valence-corrected chi connectivity index (χ4v) is 6.31. The highest BCUT2D eigenvalue weighted by atomic mass is 35.5. The fraction of sp³-hybridized carbons (Fsp3) is 0.312. The van der Waals surface area contributed by atoms with Crippen LogP contribution in [0.5, 0.6) is 0 Å². The number of guanidine groups is 1. The lowest BCUT2D eigenvalue weighted by atomic mass is 9.96. The SMILES string of the molecule is CN1C(=N)NC2(c3sc(-c4cncc(C#N)c4)cc3Cl)CCOC2[S+]1[O-]. The largest absolute Gasteiger partial charge is 0.591 e. The number of halogens is 1. The predicted molar refractivity (Wildman–Crippen MR) is 100 cm³/mol. The zero-order valence-corrected chi connectivity index (χ0v) is 16.0. The number of ether oxygens (including phenoxy) is 1. The van der Waals surface area contributed by atoms with Crippen molar-refractivity contribution in [1.29, 1.82) is 10.7 Å². The summed E-state index contributed by atoms with van der Waals surface area (Å²) < 4.78 is 19.8. The standard InChI is InChI=1S/C16H14ClN5O2S2/c1-22-15(19)21-16(2-3-24-14(16)26(22)23)13-11(17)5-12(25-13)10-4-9(6-18)7-20-8-10/h4-5,7-8,14H,2-3H2,1H3,(H2,19,21). The molecule has 0 amide bonds. The second-order valence-corrected chi connectivity index (χ2v) is 9.02. The van der Waals surface area contributed by atoms with Crippen LogP contribution < -0.4 is 5.32 Å². The Hall–Kier alpha value is -1.83. The number of nitriles is 1. The van der Waals surface area contributed by atoms with Gasteiger partial charge in [0.05, 0.1) is 29.1 Å². The summed E-state index contributed by atoms with van der Waals surface area (Å²) >= 11 is 6.49. The maximum atomic E-state index is 12.7. The van der Waals surface area contributed by atoms with E-state index >= 15 is 0 Å². The topological polar surface area (TPSA) is 108 Å². The zero-order valence-electron chi connectivity index (χ0n) is 13.7. The number of hydrogen-bond donors (Lipinski definition) is 2. The van der Waals surface area contributed by atoms with Crippen molar-refractivity contribution in [2.24, 2.45) is 0 Å².